The van der Waals surface area contributed by atoms with Crippen LogP contribution in [0, 0.1) is 17.8 Å². The van der Waals surface area contributed by atoms with Gasteiger partial charge in [0, 0.05) is 12.6 Å². The van der Waals surface area contributed by atoms with Gasteiger partial charge in [-0.1, -0.05) is 0 Å². The summed E-state index contributed by atoms with van der Waals surface area (Å²) in [7, 11) is 1.45. The van der Waals surface area contributed by atoms with Crippen molar-refractivity contribution in [2.24, 2.45) is 17.8 Å². The SMILES string of the molecule is C[C@@H](OC(=O)CN1C(=O)CN(C)C1=O)C(=O)NC(=O)NC12CC3CC(CC(C3)C1)C2. The van der Waals surface area contributed by atoms with Crippen molar-refractivity contribution in [3.63, 3.8) is 0 Å². The van der Waals surface area contributed by atoms with Crippen molar-refractivity contribution in [3.05, 3.63) is 0 Å². The zero-order valence-electron chi connectivity index (χ0n) is 17.3. The van der Waals surface area contributed by atoms with E-state index in [1.165, 1.54) is 38.1 Å². The summed E-state index contributed by atoms with van der Waals surface area (Å²) in [5.41, 5.74) is -0.235. The van der Waals surface area contributed by atoms with Crippen LogP contribution in [0.5, 0.6) is 0 Å². The summed E-state index contributed by atoms with van der Waals surface area (Å²) in [5.74, 6) is -0.184. The average Bonchev–Trinajstić information content (AvgIpc) is 2.86. The van der Waals surface area contributed by atoms with Gasteiger partial charge in [0.1, 0.15) is 13.1 Å². The largest absolute Gasteiger partial charge is 0.451 e. The van der Waals surface area contributed by atoms with Crippen LogP contribution in [-0.4, -0.2) is 71.4 Å². The molecule has 0 spiro atoms. The van der Waals surface area contributed by atoms with Crippen LogP contribution in [0.1, 0.15) is 45.4 Å². The molecule has 1 aliphatic heterocycles. The van der Waals surface area contributed by atoms with Crippen LogP contribution in [-0.2, 0) is 19.1 Å². The van der Waals surface area contributed by atoms with Gasteiger partial charge in [-0.2, -0.15) is 0 Å². The summed E-state index contributed by atoms with van der Waals surface area (Å²) in [4.78, 5) is 62.2. The van der Waals surface area contributed by atoms with E-state index in [4.69, 9.17) is 4.74 Å². The first-order valence-electron chi connectivity index (χ1n) is 10.5. The molecular formula is C20H28N4O6. The predicted molar refractivity (Wildman–Crippen MR) is 103 cm³/mol. The molecule has 4 bridgehead atoms. The standard InChI is InChI=1S/C20H28N4O6/c1-11(30-16(26)10-24-15(25)9-23(2)19(24)29)17(27)21-18(28)22-20-6-12-3-13(7-20)5-14(4-12)8-20/h11-14H,3-10H2,1-2H3,(H2,21,22,27,28)/t11-,12?,13?,14?,20?/m1/s1. The highest BCUT2D eigenvalue weighted by atomic mass is 16.5. The minimum atomic E-state index is -1.23. The Kier molecular flexibility index (Phi) is 5.19. The number of rotatable bonds is 5. The quantitative estimate of drug-likeness (QED) is 0.496. The van der Waals surface area contributed by atoms with E-state index in [2.05, 4.69) is 10.6 Å². The molecule has 5 rings (SSSR count). The summed E-state index contributed by atoms with van der Waals surface area (Å²) >= 11 is 0. The number of likely N-dealkylation sites (N-methyl/N-ethyl adjacent to an activating group) is 1. The van der Waals surface area contributed by atoms with Gasteiger partial charge in [0.05, 0.1) is 0 Å². The molecule has 1 heterocycles. The van der Waals surface area contributed by atoms with Crippen LogP contribution in [0.15, 0.2) is 0 Å². The molecule has 30 heavy (non-hydrogen) atoms. The van der Waals surface area contributed by atoms with Gasteiger partial charge in [0.25, 0.3) is 11.8 Å². The third-order valence-corrected chi connectivity index (χ3v) is 6.85. The molecular weight excluding hydrogens is 392 g/mol. The van der Waals surface area contributed by atoms with Gasteiger partial charge in [0.2, 0.25) is 0 Å². The number of amides is 6. The smallest absolute Gasteiger partial charge is 0.327 e. The van der Waals surface area contributed by atoms with Crippen molar-refractivity contribution in [2.45, 2.75) is 57.1 Å². The highest BCUT2D eigenvalue weighted by Gasteiger charge is 2.51. The molecule has 5 aliphatic rings. The first-order valence-corrected chi connectivity index (χ1v) is 10.5. The third kappa shape index (κ3) is 3.99. The topological polar surface area (TPSA) is 125 Å². The maximum atomic E-state index is 12.4. The van der Waals surface area contributed by atoms with Gasteiger partial charge in [0.15, 0.2) is 6.10 Å². The number of carbonyl (C=O) groups excluding carboxylic acids is 5. The highest BCUT2D eigenvalue weighted by Crippen LogP contribution is 2.55. The summed E-state index contributed by atoms with van der Waals surface area (Å²) in [6.07, 6.45) is 5.36. The molecule has 10 heteroatoms. The first kappa shape index (κ1) is 20.6. The van der Waals surface area contributed by atoms with Crippen LogP contribution < -0.4 is 10.6 Å². The fourth-order valence-corrected chi connectivity index (χ4v) is 5.99. The highest BCUT2D eigenvalue weighted by molar-refractivity contribution is 6.04. The van der Waals surface area contributed by atoms with E-state index in [0.29, 0.717) is 17.8 Å². The summed E-state index contributed by atoms with van der Waals surface area (Å²) in [5, 5.41) is 5.28. The van der Waals surface area contributed by atoms with Gasteiger partial charge in [-0.25, -0.2) is 9.59 Å². The molecule has 164 valence electrons. The molecule has 6 amide bonds. The van der Waals surface area contributed by atoms with Crippen LogP contribution in [0.4, 0.5) is 9.59 Å². The van der Waals surface area contributed by atoms with Crippen molar-refractivity contribution >= 4 is 29.8 Å². The second-order valence-corrected chi connectivity index (χ2v) is 9.39. The monoisotopic (exact) mass is 420 g/mol. The van der Waals surface area contributed by atoms with Crippen molar-refractivity contribution in [1.82, 2.24) is 20.4 Å². The number of hydrogen-bond acceptors (Lipinski definition) is 6. The molecule has 0 aromatic carbocycles. The number of urea groups is 2. The minimum Gasteiger partial charge on any atom is -0.451 e. The van der Waals surface area contributed by atoms with Gasteiger partial charge in [-0.3, -0.25) is 24.6 Å². The van der Waals surface area contributed by atoms with Gasteiger partial charge < -0.3 is 15.0 Å². The zero-order chi connectivity index (χ0) is 21.6. The lowest BCUT2D eigenvalue weighted by Gasteiger charge is -2.56. The normalized spacial score (nSPS) is 32.9. The number of carbonyl (C=O) groups is 5. The molecule has 0 aromatic rings. The second-order valence-electron chi connectivity index (χ2n) is 9.39. The Morgan fingerprint density at radius 3 is 2.17 bits per heavy atom. The Morgan fingerprint density at radius 2 is 1.67 bits per heavy atom. The molecule has 0 unspecified atom stereocenters. The first-order chi connectivity index (χ1) is 14.1. The summed E-state index contributed by atoms with van der Waals surface area (Å²) in [6.45, 7) is 0.663. The molecule has 1 saturated heterocycles. The zero-order valence-corrected chi connectivity index (χ0v) is 17.3. The molecule has 4 saturated carbocycles. The van der Waals surface area contributed by atoms with Crippen molar-refractivity contribution in [2.75, 3.05) is 20.1 Å². The minimum absolute atomic E-state index is 0.105. The molecule has 4 aliphatic carbocycles. The van der Waals surface area contributed by atoms with Crippen LogP contribution >= 0.6 is 0 Å². The average molecular weight is 420 g/mol. The maximum Gasteiger partial charge on any atom is 0.327 e. The van der Waals surface area contributed by atoms with Gasteiger partial charge in [-0.05, 0) is 63.2 Å². The Labute approximate surface area is 174 Å². The van der Waals surface area contributed by atoms with Crippen LogP contribution in [0.3, 0.4) is 0 Å². The fraction of sp³-hybridized carbons (Fsp3) is 0.750. The molecule has 2 N–H and O–H groups in total. The Balaban J connectivity index is 1.25. The summed E-state index contributed by atoms with van der Waals surface area (Å²) < 4.78 is 5.01. The number of nitrogens with one attached hydrogen (secondary N) is 2. The molecule has 0 radical (unpaired) electrons. The molecule has 10 nitrogen and oxygen atoms in total. The number of nitrogens with zero attached hydrogens (tertiary/aromatic N) is 2. The Bertz CT molecular complexity index is 761. The lowest BCUT2D eigenvalue weighted by molar-refractivity contribution is -0.156. The number of esters is 1. The van der Waals surface area contributed by atoms with E-state index in [0.717, 1.165) is 24.2 Å². The predicted octanol–water partition coefficient (Wildman–Crippen LogP) is 0.607. The second kappa shape index (κ2) is 7.55. The lowest BCUT2D eigenvalue weighted by atomic mass is 9.53. The van der Waals surface area contributed by atoms with E-state index in [-0.39, 0.29) is 12.1 Å². The molecule has 5 fully saturated rings. The van der Waals surface area contributed by atoms with E-state index < -0.39 is 42.5 Å². The van der Waals surface area contributed by atoms with Crippen LogP contribution in [0.25, 0.3) is 0 Å². The van der Waals surface area contributed by atoms with Crippen molar-refractivity contribution < 1.29 is 28.7 Å². The summed E-state index contributed by atoms with van der Waals surface area (Å²) in [6, 6.07) is -1.17. The maximum absolute atomic E-state index is 12.4. The molecule has 0 aromatic heterocycles. The van der Waals surface area contributed by atoms with Gasteiger partial charge >= 0.3 is 18.0 Å². The third-order valence-electron chi connectivity index (χ3n) is 6.85. The van der Waals surface area contributed by atoms with E-state index >= 15 is 0 Å². The van der Waals surface area contributed by atoms with Gasteiger partial charge in [-0.15, -0.1) is 0 Å². The Morgan fingerprint density at radius 1 is 1.10 bits per heavy atom. The Hall–Kier alpha value is -2.65. The number of hydrogen-bond donors (Lipinski definition) is 2. The van der Waals surface area contributed by atoms with E-state index in [9.17, 15) is 24.0 Å². The number of ether oxygens (including phenoxy) is 1. The molecule has 1 atom stereocenters. The number of imide groups is 2. The van der Waals surface area contributed by atoms with E-state index in [1.54, 1.807) is 0 Å². The van der Waals surface area contributed by atoms with Crippen LogP contribution in [0.2, 0.25) is 0 Å². The fourth-order valence-electron chi connectivity index (χ4n) is 5.99. The van der Waals surface area contributed by atoms with Crippen molar-refractivity contribution in [1.29, 1.82) is 0 Å². The van der Waals surface area contributed by atoms with E-state index in [1.807, 2.05) is 0 Å². The van der Waals surface area contributed by atoms with Crippen molar-refractivity contribution in [3.8, 4) is 0 Å². The lowest BCUT2D eigenvalue weighted by Crippen LogP contribution is -2.62.